The van der Waals surface area contributed by atoms with Crippen LogP contribution in [0.25, 0.3) is 0 Å². The molecule has 0 fully saturated rings. The Labute approximate surface area is 76.1 Å². The van der Waals surface area contributed by atoms with Crippen LogP contribution in [0.3, 0.4) is 0 Å². The van der Waals surface area contributed by atoms with Crippen molar-refractivity contribution >= 4 is 5.96 Å². The maximum absolute atomic E-state index is 10.8. The van der Waals surface area contributed by atoms with Crippen LogP contribution >= 0.6 is 0 Å². The Morgan fingerprint density at radius 1 is 1.31 bits per heavy atom. The minimum atomic E-state index is -0.789. The number of hydrogen-bond acceptors (Lipinski definition) is 3. The van der Waals surface area contributed by atoms with Crippen LogP contribution in [0.4, 0.5) is 0 Å². The van der Waals surface area contributed by atoms with E-state index < -0.39 is 10.6 Å². The van der Waals surface area contributed by atoms with E-state index >= 15 is 0 Å². The molecule has 0 saturated carbocycles. The average Bonchev–Trinajstić information content (AvgIpc) is 1.81. The number of guanidine groups is 1. The van der Waals surface area contributed by atoms with E-state index in [0.29, 0.717) is 4.74 Å². The van der Waals surface area contributed by atoms with Crippen LogP contribution in [0, 0.1) is 15.3 Å². The predicted molar refractivity (Wildman–Crippen MR) is 47.6 cm³/mol. The highest BCUT2D eigenvalue weighted by molar-refractivity contribution is 5.74. The number of hydrogen-bond donors (Lipinski definition) is 2. The molecule has 0 heterocycles. The standard InChI is InChI=1S/C6H14N4O3/c1-6(2,3)7-5(9(4)11)8-10(12)13/h7-8H,1-4H3/b9-5-. The van der Waals surface area contributed by atoms with Crippen LogP contribution in [0.1, 0.15) is 20.8 Å². The third-order valence-corrected chi connectivity index (χ3v) is 1.01. The molecule has 0 aromatic rings. The summed E-state index contributed by atoms with van der Waals surface area (Å²) >= 11 is 0. The van der Waals surface area contributed by atoms with E-state index in [9.17, 15) is 15.3 Å². The number of rotatable bonds is 1. The first-order valence-electron chi connectivity index (χ1n) is 3.69. The molecule has 0 aromatic heterocycles. The molecule has 7 heteroatoms. The molecule has 13 heavy (non-hydrogen) atoms. The molecule has 0 bridgehead atoms. The summed E-state index contributed by atoms with van der Waals surface area (Å²) < 4.78 is 0.369. The van der Waals surface area contributed by atoms with Gasteiger partial charge in [0.2, 0.25) is 5.03 Å². The quantitative estimate of drug-likeness (QED) is 0.147. The van der Waals surface area contributed by atoms with Crippen LogP contribution in [-0.2, 0) is 0 Å². The van der Waals surface area contributed by atoms with E-state index in [4.69, 9.17) is 0 Å². The summed E-state index contributed by atoms with van der Waals surface area (Å²) in [6, 6.07) is 0. The highest BCUT2D eigenvalue weighted by atomic mass is 16.7. The normalized spacial score (nSPS) is 13.2. The smallest absolute Gasteiger partial charge is 0.408 e. The lowest BCUT2D eigenvalue weighted by Crippen LogP contribution is -2.52. The molecule has 0 aliphatic heterocycles. The molecule has 2 N–H and O–H groups in total. The van der Waals surface area contributed by atoms with Gasteiger partial charge in [0.25, 0.3) is 0 Å². The van der Waals surface area contributed by atoms with Crippen molar-refractivity contribution in [3.8, 4) is 0 Å². The van der Waals surface area contributed by atoms with Crippen LogP contribution in [0.5, 0.6) is 0 Å². The van der Waals surface area contributed by atoms with E-state index in [1.54, 1.807) is 26.2 Å². The number of nitro groups is 1. The fraction of sp³-hybridized carbons (Fsp3) is 0.833. The van der Waals surface area contributed by atoms with Gasteiger partial charge >= 0.3 is 5.96 Å². The van der Waals surface area contributed by atoms with Gasteiger partial charge in [-0.1, -0.05) is 0 Å². The van der Waals surface area contributed by atoms with Gasteiger partial charge in [0.15, 0.2) is 0 Å². The lowest BCUT2D eigenvalue weighted by molar-refractivity contribution is -0.542. The van der Waals surface area contributed by atoms with Crippen molar-refractivity contribution in [1.29, 1.82) is 0 Å². The minimum absolute atomic E-state index is 0.183. The molecule has 0 amide bonds. The summed E-state index contributed by atoms with van der Waals surface area (Å²) in [5.74, 6) is -0.183. The van der Waals surface area contributed by atoms with Gasteiger partial charge in [-0.15, -0.1) is 0 Å². The number of hydrazine groups is 1. The SMILES string of the molecule is C/[N+]([O-])=C(/N[N+](=O)[O-])NC(C)(C)C. The van der Waals surface area contributed by atoms with Crippen molar-refractivity contribution in [3.05, 3.63) is 15.3 Å². The Bertz CT molecular complexity index is 227. The van der Waals surface area contributed by atoms with Crippen molar-refractivity contribution in [2.24, 2.45) is 0 Å². The lowest BCUT2D eigenvalue weighted by Gasteiger charge is -2.18. The molecule has 76 valence electrons. The van der Waals surface area contributed by atoms with Gasteiger partial charge in [0, 0.05) is 5.43 Å². The summed E-state index contributed by atoms with van der Waals surface area (Å²) in [7, 11) is 1.17. The van der Waals surface area contributed by atoms with E-state index in [-0.39, 0.29) is 5.96 Å². The second-order valence-electron chi connectivity index (χ2n) is 3.59. The molecule has 0 saturated heterocycles. The molecule has 0 aliphatic rings. The zero-order valence-electron chi connectivity index (χ0n) is 8.12. The summed E-state index contributed by atoms with van der Waals surface area (Å²) in [6.07, 6.45) is 0. The van der Waals surface area contributed by atoms with E-state index in [1.165, 1.54) is 7.05 Å². The van der Waals surface area contributed by atoms with Gasteiger partial charge in [-0.05, 0) is 20.8 Å². The average molecular weight is 190 g/mol. The van der Waals surface area contributed by atoms with Gasteiger partial charge in [-0.3, -0.25) is 10.1 Å². The highest BCUT2D eigenvalue weighted by Crippen LogP contribution is 1.97. The first-order valence-corrected chi connectivity index (χ1v) is 3.69. The van der Waals surface area contributed by atoms with Gasteiger partial charge in [0.1, 0.15) is 0 Å². The predicted octanol–water partition coefficient (Wildman–Crippen LogP) is -0.348. The first kappa shape index (κ1) is 11.5. The van der Waals surface area contributed by atoms with Gasteiger partial charge in [-0.2, -0.15) is 0 Å². The number of hydroxylamine groups is 1. The van der Waals surface area contributed by atoms with Crippen LogP contribution < -0.4 is 10.7 Å². The fourth-order valence-corrected chi connectivity index (χ4v) is 0.619. The molecule has 0 atom stereocenters. The minimum Gasteiger partial charge on any atom is -0.744 e. The van der Waals surface area contributed by atoms with E-state index in [0.717, 1.165) is 0 Å². The highest BCUT2D eigenvalue weighted by Gasteiger charge is 2.22. The first-order chi connectivity index (χ1) is 5.72. The lowest BCUT2D eigenvalue weighted by atomic mass is 10.1. The summed E-state index contributed by atoms with van der Waals surface area (Å²) in [5, 5.41) is 22.8. The third kappa shape index (κ3) is 5.71. The largest absolute Gasteiger partial charge is 0.744 e. The molecule has 0 aliphatic carbocycles. The molecule has 0 aromatic carbocycles. The van der Waals surface area contributed by atoms with Crippen LogP contribution in [0.15, 0.2) is 0 Å². The molecular weight excluding hydrogens is 176 g/mol. The second-order valence-corrected chi connectivity index (χ2v) is 3.59. The maximum atomic E-state index is 10.8. The summed E-state index contributed by atoms with van der Waals surface area (Å²) in [6.45, 7) is 5.37. The second kappa shape index (κ2) is 3.92. The maximum Gasteiger partial charge on any atom is 0.408 e. The topological polar surface area (TPSA) is 93.3 Å². The van der Waals surface area contributed by atoms with Crippen LogP contribution in [-0.4, -0.2) is 28.3 Å². The zero-order chi connectivity index (χ0) is 10.6. The molecule has 7 nitrogen and oxygen atoms in total. The summed E-state index contributed by atoms with van der Waals surface area (Å²) in [4.78, 5) is 10.1. The van der Waals surface area contributed by atoms with E-state index in [2.05, 4.69) is 5.32 Å². The van der Waals surface area contributed by atoms with Crippen molar-refractivity contribution < 1.29 is 9.77 Å². The number of nitrogens with one attached hydrogen (secondary N) is 2. The monoisotopic (exact) mass is 190 g/mol. The van der Waals surface area contributed by atoms with Crippen molar-refractivity contribution in [2.45, 2.75) is 26.3 Å². The molecule has 0 spiro atoms. The van der Waals surface area contributed by atoms with Crippen molar-refractivity contribution in [1.82, 2.24) is 10.7 Å². The Morgan fingerprint density at radius 2 is 1.77 bits per heavy atom. The Balaban J connectivity index is 4.48. The molecule has 0 radical (unpaired) electrons. The Hall–Kier alpha value is -1.53. The third-order valence-electron chi connectivity index (χ3n) is 1.01. The van der Waals surface area contributed by atoms with Crippen molar-refractivity contribution in [2.75, 3.05) is 7.05 Å². The summed E-state index contributed by atoms with van der Waals surface area (Å²) in [5.41, 5.74) is 1.37. The molecule has 0 rings (SSSR count). The van der Waals surface area contributed by atoms with Gasteiger partial charge in [-0.25, -0.2) is 10.1 Å². The Kier molecular flexibility index (Phi) is 3.46. The van der Waals surface area contributed by atoms with E-state index in [1.807, 2.05) is 0 Å². The number of nitrogens with zero attached hydrogens (tertiary/aromatic N) is 2. The zero-order valence-corrected chi connectivity index (χ0v) is 8.12. The van der Waals surface area contributed by atoms with Gasteiger partial charge < -0.3 is 5.21 Å². The van der Waals surface area contributed by atoms with Gasteiger partial charge in [0.05, 0.1) is 12.6 Å². The fourth-order valence-electron chi connectivity index (χ4n) is 0.619. The molecule has 0 unspecified atom stereocenters. The van der Waals surface area contributed by atoms with Crippen molar-refractivity contribution in [3.63, 3.8) is 0 Å². The Morgan fingerprint density at radius 3 is 2.00 bits per heavy atom. The van der Waals surface area contributed by atoms with Crippen LogP contribution in [0.2, 0.25) is 0 Å². The molecular formula is C6H14N4O3.